The summed E-state index contributed by atoms with van der Waals surface area (Å²) in [7, 11) is 1.69. The van der Waals surface area contributed by atoms with Gasteiger partial charge in [0.2, 0.25) is 0 Å². The van der Waals surface area contributed by atoms with Crippen LogP contribution < -0.4 is 5.32 Å². The molecular formula is C12H10ClN5O2S. The van der Waals surface area contributed by atoms with Crippen molar-refractivity contribution >= 4 is 46.0 Å². The summed E-state index contributed by atoms with van der Waals surface area (Å²) < 4.78 is 9.87. The van der Waals surface area contributed by atoms with E-state index in [-0.39, 0.29) is 12.1 Å². The third-order valence-corrected chi connectivity index (χ3v) is 3.96. The lowest BCUT2D eigenvalue weighted by Crippen LogP contribution is -2.10. The fourth-order valence-electron chi connectivity index (χ4n) is 2.02. The summed E-state index contributed by atoms with van der Waals surface area (Å²) in [6.07, 6.45) is 1.33. The van der Waals surface area contributed by atoms with Crippen LogP contribution >= 0.6 is 23.3 Å². The molecule has 0 saturated heterocycles. The quantitative estimate of drug-likeness (QED) is 0.765. The predicted octanol–water partition coefficient (Wildman–Crippen LogP) is 2.39. The Morgan fingerprint density at radius 3 is 3.05 bits per heavy atom. The number of fused-ring (bicyclic) bond motifs is 1. The number of carboxylic acid groups (broad SMARTS) is 1. The molecule has 9 heteroatoms. The molecule has 0 saturated carbocycles. The highest BCUT2D eigenvalue weighted by atomic mass is 35.5. The Hall–Kier alpha value is -2.19. The molecule has 0 bridgehead atoms. The van der Waals surface area contributed by atoms with Crippen LogP contribution in [0.1, 0.15) is 16.1 Å². The minimum Gasteiger partial charge on any atom is -0.478 e. The number of halogens is 1. The summed E-state index contributed by atoms with van der Waals surface area (Å²) in [5.74, 6) is -1.01. The Balaban J connectivity index is 1.94. The van der Waals surface area contributed by atoms with Crippen molar-refractivity contribution in [1.82, 2.24) is 18.5 Å². The van der Waals surface area contributed by atoms with Crippen molar-refractivity contribution in [2.75, 3.05) is 5.32 Å². The molecule has 2 heterocycles. The number of aromatic nitrogens is 4. The number of hydrogen-bond acceptors (Lipinski definition) is 6. The number of aryl methyl sites for hydroxylation is 1. The average molecular weight is 324 g/mol. The smallest absolute Gasteiger partial charge is 0.339 e. The van der Waals surface area contributed by atoms with Crippen molar-refractivity contribution < 1.29 is 9.90 Å². The SMILES string of the molecule is Cn1ncc(C(=O)O)c1CNc1c(Cl)ccc2nsnc12. The Morgan fingerprint density at radius 2 is 2.29 bits per heavy atom. The third kappa shape index (κ3) is 2.43. The van der Waals surface area contributed by atoms with Crippen molar-refractivity contribution in [3.63, 3.8) is 0 Å². The number of carbonyl (C=O) groups is 1. The zero-order valence-electron chi connectivity index (χ0n) is 10.9. The molecule has 0 atom stereocenters. The summed E-state index contributed by atoms with van der Waals surface area (Å²) in [4.78, 5) is 11.2. The Kier molecular flexibility index (Phi) is 3.48. The summed E-state index contributed by atoms with van der Waals surface area (Å²) >= 11 is 7.28. The highest BCUT2D eigenvalue weighted by Crippen LogP contribution is 2.30. The third-order valence-electron chi connectivity index (χ3n) is 3.10. The first-order chi connectivity index (χ1) is 10.1. The summed E-state index contributed by atoms with van der Waals surface area (Å²) in [5.41, 5.74) is 2.77. The van der Waals surface area contributed by atoms with E-state index >= 15 is 0 Å². The van der Waals surface area contributed by atoms with E-state index in [1.54, 1.807) is 19.2 Å². The second-order valence-corrected chi connectivity index (χ2v) is 5.28. The van der Waals surface area contributed by atoms with Gasteiger partial charge in [-0.2, -0.15) is 13.8 Å². The van der Waals surface area contributed by atoms with E-state index in [2.05, 4.69) is 19.2 Å². The van der Waals surface area contributed by atoms with Crippen LogP contribution in [0.15, 0.2) is 18.3 Å². The first kappa shape index (κ1) is 13.8. The molecule has 0 aliphatic rings. The highest BCUT2D eigenvalue weighted by Gasteiger charge is 2.16. The maximum Gasteiger partial charge on any atom is 0.339 e. The molecular weight excluding hydrogens is 314 g/mol. The minimum absolute atomic E-state index is 0.157. The van der Waals surface area contributed by atoms with Crippen LogP contribution in [0.2, 0.25) is 5.02 Å². The zero-order chi connectivity index (χ0) is 15.0. The monoisotopic (exact) mass is 323 g/mol. The van der Waals surface area contributed by atoms with Crippen molar-refractivity contribution in [3.05, 3.63) is 34.6 Å². The number of aromatic carboxylic acids is 1. The van der Waals surface area contributed by atoms with Gasteiger partial charge in [0.15, 0.2) is 0 Å². The fourth-order valence-corrected chi connectivity index (χ4v) is 2.78. The summed E-state index contributed by atoms with van der Waals surface area (Å²) in [6.45, 7) is 0.272. The molecule has 3 rings (SSSR count). The number of benzene rings is 1. The normalized spacial score (nSPS) is 11.0. The van der Waals surface area contributed by atoms with Crippen molar-refractivity contribution in [2.24, 2.45) is 7.05 Å². The van der Waals surface area contributed by atoms with E-state index in [4.69, 9.17) is 16.7 Å². The Labute approximate surface area is 128 Å². The molecule has 0 amide bonds. The van der Waals surface area contributed by atoms with Crippen LogP contribution in [-0.4, -0.2) is 29.6 Å². The topological polar surface area (TPSA) is 92.9 Å². The lowest BCUT2D eigenvalue weighted by atomic mass is 10.2. The van der Waals surface area contributed by atoms with Crippen LogP contribution in [-0.2, 0) is 13.6 Å². The lowest BCUT2D eigenvalue weighted by molar-refractivity contribution is 0.0695. The maximum absolute atomic E-state index is 11.2. The molecule has 0 unspecified atom stereocenters. The van der Waals surface area contributed by atoms with Gasteiger partial charge in [-0.15, -0.1) is 0 Å². The number of nitrogens with one attached hydrogen (secondary N) is 1. The molecule has 0 fully saturated rings. The molecule has 108 valence electrons. The standard InChI is InChI=1S/C12H10ClN5O2S/c1-18-9(6(4-15-18)12(19)20)5-14-10-7(13)2-3-8-11(10)17-21-16-8/h2-4,14H,5H2,1H3,(H,19,20). The summed E-state index contributed by atoms with van der Waals surface area (Å²) in [6, 6.07) is 3.52. The van der Waals surface area contributed by atoms with Crippen LogP contribution in [0, 0.1) is 0 Å². The van der Waals surface area contributed by atoms with Crippen molar-refractivity contribution in [2.45, 2.75) is 6.54 Å². The van der Waals surface area contributed by atoms with Gasteiger partial charge < -0.3 is 10.4 Å². The molecule has 2 aromatic heterocycles. The largest absolute Gasteiger partial charge is 0.478 e. The number of rotatable bonds is 4. The second-order valence-electron chi connectivity index (χ2n) is 4.34. The average Bonchev–Trinajstić information content (AvgIpc) is 3.04. The van der Waals surface area contributed by atoms with Gasteiger partial charge in [-0.25, -0.2) is 4.79 Å². The van der Waals surface area contributed by atoms with E-state index in [9.17, 15) is 4.79 Å². The number of carboxylic acids is 1. The van der Waals surface area contributed by atoms with E-state index in [0.29, 0.717) is 21.9 Å². The fraction of sp³-hybridized carbons (Fsp3) is 0.167. The van der Waals surface area contributed by atoms with Gasteiger partial charge >= 0.3 is 5.97 Å². The van der Waals surface area contributed by atoms with E-state index < -0.39 is 5.97 Å². The minimum atomic E-state index is -1.01. The van der Waals surface area contributed by atoms with E-state index in [1.165, 1.54) is 10.9 Å². The molecule has 0 aliphatic heterocycles. The van der Waals surface area contributed by atoms with E-state index in [0.717, 1.165) is 17.2 Å². The molecule has 0 aliphatic carbocycles. The molecule has 7 nitrogen and oxygen atoms in total. The maximum atomic E-state index is 11.2. The van der Waals surface area contributed by atoms with Crippen molar-refractivity contribution in [3.8, 4) is 0 Å². The first-order valence-corrected chi connectivity index (χ1v) is 7.07. The van der Waals surface area contributed by atoms with Gasteiger partial charge in [-0.05, 0) is 12.1 Å². The predicted molar refractivity (Wildman–Crippen MR) is 79.9 cm³/mol. The van der Waals surface area contributed by atoms with Gasteiger partial charge in [-0.3, -0.25) is 4.68 Å². The molecule has 0 radical (unpaired) electrons. The van der Waals surface area contributed by atoms with Gasteiger partial charge in [0.1, 0.15) is 16.6 Å². The molecule has 21 heavy (non-hydrogen) atoms. The van der Waals surface area contributed by atoms with Crippen LogP contribution in [0.5, 0.6) is 0 Å². The van der Waals surface area contributed by atoms with Crippen molar-refractivity contribution in [1.29, 1.82) is 0 Å². The van der Waals surface area contributed by atoms with Gasteiger partial charge in [-0.1, -0.05) is 11.6 Å². The van der Waals surface area contributed by atoms with Gasteiger partial charge in [0.05, 0.1) is 40.9 Å². The second kappa shape index (κ2) is 5.30. The first-order valence-electron chi connectivity index (χ1n) is 5.96. The molecule has 1 aromatic carbocycles. The van der Waals surface area contributed by atoms with E-state index in [1.807, 2.05) is 0 Å². The molecule has 3 aromatic rings. The molecule has 2 N–H and O–H groups in total. The van der Waals surface area contributed by atoms with Gasteiger partial charge in [0, 0.05) is 7.05 Å². The number of nitrogens with zero attached hydrogens (tertiary/aromatic N) is 4. The number of anilines is 1. The number of hydrogen-bond donors (Lipinski definition) is 2. The molecule has 0 spiro atoms. The lowest BCUT2D eigenvalue weighted by Gasteiger charge is -2.10. The van der Waals surface area contributed by atoms with Crippen LogP contribution in [0.4, 0.5) is 5.69 Å². The van der Waals surface area contributed by atoms with Gasteiger partial charge in [0.25, 0.3) is 0 Å². The summed E-state index contributed by atoms with van der Waals surface area (Å²) in [5, 5.41) is 16.7. The Bertz CT molecular complexity index is 828. The van der Waals surface area contributed by atoms with Crippen LogP contribution in [0.25, 0.3) is 11.0 Å². The highest BCUT2D eigenvalue weighted by molar-refractivity contribution is 7.00. The zero-order valence-corrected chi connectivity index (χ0v) is 12.4. The Morgan fingerprint density at radius 1 is 1.48 bits per heavy atom. The van der Waals surface area contributed by atoms with Crippen LogP contribution in [0.3, 0.4) is 0 Å².